The highest BCUT2D eigenvalue weighted by Gasteiger charge is 2.23. The van der Waals surface area contributed by atoms with Gasteiger partial charge >= 0.3 is 0 Å². The van der Waals surface area contributed by atoms with Crippen molar-refractivity contribution < 1.29 is 9.47 Å². The molecule has 0 aromatic heterocycles. The van der Waals surface area contributed by atoms with Crippen molar-refractivity contribution in [1.29, 1.82) is 0 Å². The monoisotopic (exact) mass is 538 g/mol. The highest BCUT2D eigenvalue weighted by molar-refractivity contribution is 6.22. The molecule has 7 aromatic rings. The number of ether oxygens (including phenoxy) is 2. The molecule has 0 aliphatic heterocycles. The predicted molar refractivity (Wildman–Crippen MR) is 174 cm³/mol. The van der Waals surface area contributed by atoms with Crippen molar-refractivity contribution >= 4 is 43.1 Å². The van der Waals surface area contributed by atoms with E-state index in [2.05, 4.69) is 72.2 Å². The SMILES string of the molecule is COc1c2ccccc2c(OC)c2c(C#Cc3ccccc3)c3cc4ccccc4cc3c(C#Cc3ccccc3)c12. The lowest BCUT2D eigenvalue weighted by Crippen LogP contribution is -1.99. The van der Waals surface area contributed by atoms with Crippen LogP contribution in [-0.4, -0.2) is 14.2 Å². The topological polar surface area (TPSA) is 18.5 Å². The number of rotatable bonds is 2. The summed E-state index contributed by atoms with van der Waals surface area (Å²) in [6.07, 6.45) is 0. The van der Waals surface area contributed by atoms with Gasteiger partial charge < -0.3 is 9.47 Å². The lowest BCUT2D eigenvalue weighted by molar-refractivity contribution is 0.417. The van der Waals surface area contributed by atoms with Crippen LogP contribution in [0.15, 0.2) is 121 Å². The van der Waals surface area contributed by atoms with Gasteiger partial charge in [0.1, 0.15) is 11.5 Å². The summed E-state index contributed by atoms with van der Waals surface area (Å²) in [5, 5.41) is 8.06. The zero-order chi connectivity index (χ0) is 28.5. The molecule has 0 amide bonds. The van der Waals surface area contributed by atoms with Crippen LogP contribution in [0.3, 0.4) is 0 Å². The Morgan fingerprint density at radius 3 is 1.19 bits per heavy atom. The minimum atomic E-state index is 0.761. The Morgan fingerprint density at radius 2 is 0.786 bits per heavy atom. The normalized spacial score (nSPS) is 10.7. The van der Waals surface area contributed by atoms with E-state index in [4.69, 9.17) is 9.47 Å². The van der Waals surface area contributed by atoms with Gasteiger partial charge in [0, 0.05) is 43.8 Å². The van der Waals surface area contributed by atoms with E-state index in [1.54, 1.807) is 14.2 Å². The molecule has 198 valence electrons. The second-order valence-corrected chi connectivity index (χ2v) is 10.1. The zero-order valence-electron chi connectivity index (χ0n) is 23.4. The Balaban J connectivity index is 1.75. The first kappa shape index (κ1) is 25.3. The van der Waals surface area contributed by atoms with E-state index in [1.165, 1.54) is 0 Å². The summed E-state index contributed by atoms with van der Waals surface area (Å²) in [6, 6.07) is 41.2. The molecule has 7 rings (SSSR count). The van der Waals surface area contributed by atoms with Gasteiger partial charge in [-0.2, -0.15) is 0 Å². The zero-order valence-corrected chi connectivity index (χ0v) is 23.4. The molecule has 7 aromatic carbocycles. The van der Waals surface area contributed by atoms with Crippen molar-refractivity contribution in [2.45, 2.75) is 0 Å². The van der Waals surface area contributed by atoms with Crippen LogP contribution in [-0.2, 0) is 0 Å². The molecular weight excluding hydrogens is 512 g/mol. The highest BCUT2D eigenvalue weighted by atomic mass is 16.5. The van der Waals surface area contributed by atoms with Crippen molar-refractivity contribution in [1.82, 2.24) is 0 Å². The van der Waals surface area contributed by atoms with Gasteiger partial charge in [-0.3, -0.25) is 0 Å². The van der Waals surface area contributed by atoms with Crippen LogP contribution >= 0.6 is 0 Å². The third-order valence-corrected chi connectivity index (χ3v) is 7.66. The van der Waals surface area contributed by atoms with Crippen LogP contribution in [0.2, 0.25) is 0 Å². The van der Waals surface area contributed by atoms with E-state index in [-0.39, 0.29) is 0 Å². The minimum Gasteiger partial charge on any atom is -0.495 e. The Morgan fingerprint density at radius 1 is 0.405 bits per heavy atom. The van der Waals surface area contributed by atoms with E-state index >= 15 is 0 Å². The average molecular weight is 539 g/mol. The van der Waals surface area contributed by atoms with Gasteiger partial charge in [-0.05, 0) is 57.9 Å². The predicted octanol–water partition coefficient (Wildman–Crippen LogP) is 9.12. The largest absolute Gasteiger partial charge is 0.495 e. The highest BCUT2D eigenvalue weighted by Crippen LogP contribution is 2.48. The Kier molecular flexibility index (Phi) is 6.44. The first-order valence-electron chi connectivity index (χ1n) is 13.9. The van der Waals surface area contributed by atoms with Crippen molar-refractivity contribution in [3.8, 4) is 35.2 Å². The maximum atomic E-state index is 6.22. The van der Waals surface area contributed by atoms with E-state index in [1.807, 2.05) is 72.8 Å². The molecule has 0 aliphatic rings. The molecule has 42 heavy (non-hydrogen) atoms. The average Bonchev–Trinajstić information content (AvgIpc) is 3.05. The van der Waals surface area contributed by atoms with Crippen LogP contribution in [0.1, 0.15) is 22.3 Å². The van der Waals surface area contributed by atoms with Crippen LogP contribution in [0.4, 0.5) is 0 Å². The summed E-state index contributed by atoms with van der Waals surface area (Å²) in [5.41, 5.74) is 3.67. The van der Waals surface area contributed by atoms with Crippen LogP contribution < -0.4 is 9.47 Å². The smallest absolute Gasteiger partial charge is 0.136 e. The molecule has 0 atom stereocenters. The fourth-order valence-electron chi connectivity index (χ4n) is 5.77. The van der Waals surface area contributed by atoms with Gasteiger partial charge in [-0.25, -0.2) is 0 Å². The third kappa shape index (κ3) is 4.28. The van der Waals surface area contributed by atoms with Gasteiger partial charge in [0.05, 0.1) is 14.2 Å². The molecule has 0 N–H and O–H groups in total. The molecule has 2 heteroatoms. The Bertz CT molecular complexity index is 2100. The Hall–Kier alpha value is -5.70. The first-order chi connectivity index (χ1) is 20.8. The number of hydrogen-bond donors (Lipinski definition) is 0. The maximum absolute atomic E-state index is 6.22. The summed E-state index contributed by atoms with van der Waals surface area (Å²) in [4.78, 5) is 0. The number of fused-ring (bicyclic) bond motifs is 4. The fraction of sp³-hybridized carbons (Fsp3) is 0.0500. The van der Waals surface area contributed by atoms with Crippen molar-refractivity contribution in [3.63, 3.8) is 0 Å². The summed E-state index contributed by atoms with van der Waals surface area (Å²) in [7, 11) is 3.45. The standard InChI is InChI=1S/C40H26O2/c1-41-39-33-19-11-12-20-34(33)40(42-2)38-32(24-22-28-15-7-4-8-16-28)36-26-30-18-10-9-17-29(30)25-35(36)31(37(38)39)23-21-27-13-5-3-6-14-27/h3-20,25-26H,1-2H3. The van der Waals surface area contributed by atoms with Gasteiger partial charge in [0.2, 0.25) is 0 Å². The molecule has 0 saturated heterocycles. The summed E-state index contributed by atoms with van der Waals surface area (Å²) >= 11 is 0. The second-order valence-electron chi connectivity index (χ2n) is 10.1. The molecule has 0 spiro atoms. The number of hydrogen-bond acceptors (Lipinski definition) is 2. The van der Waals surface area contributed by atoms with Crippen LogP contribution in [0.25, 0.3) is 43.1 Å². The number of methoxy groups -OCH3 is 2. The molecule has 0 saturated carbocycles. The number of benzene rings is 7. The minimum absolute atomic E-state index is 0.761. The molecule has 0 heterocycles. The first-order valence-corrected chi connectivity index (χ1v) is 13.9. The lowest BCUT2D eigenvalue weighted by atomic mass is 9.87. The third-order valence-electron chi connectivity index (χ3n) is 7.66. The lowest BCUT2D eigenvalue weighted by Gasteiger charge is -2.20. The summed E-state index contributed by atoms with van der Waals surface area (Å²) in [5.74, 6) is 15.5. The molecule has 0 radical (unpaired) electrons. The van der Waals surface area contributed by atoms with E-state index in [9.17, 15) is 0 Å². The maximum Gasteiger partial charge on any atom is 0.136 e. The van der Waals surface area contributed by atoms with Crippen LogP contribution in [0.5, 0.6) is 11.5 Å². The van der Waals surface area contributed by atoms with Gasteiger partial charge in [0.15, 0.2) is 0 Å². The molecule has 0 bridgehead atoms. The van der Waals surface area contributed by atoms with Gasteiger partial charge in [-0.1, -0.05) is 109 Å². The molecule has 0 aliphatic carbocycles. The van der Waals surface area contributed by atoms with Crippen molar-refractivity contribution in [2.24, 2.45) is 0 Å². The molecule has 0 fully saturated rings. The van der Waals surface area contributed by atoms with Crippen molar-refractivity contribution in [2.75, 3.05) is 14.2 Å². The van der Waals surface area contributed by atoms with E-state index in [0.717, 1.165) is 76.8 Å². The molecular formula is C40H26O2. The second kappa shape index (κ2) is 10.7. The van der Waals surface area contributed by atoms with Crippen molar-refractivity contribution in [3.05, 3.63) is 144 Å². The van der Waals surface area contributed by atoms with Gasteiger partial charge in [-0.15, -0.1) is 0 Å². The Labute approximate surface area is 245 Å². The summed E-state index contributed by atoms with van der Waals surface area (Å²) < 4.78 is 12.4. The fourth-order valence-corrected chi connectivity index (χ4v) is 5.77. The van der Waals surface area contributed by atoms with E-state index in [0.29, 0.717) is 0 Å². The van der Waals surface area contributed by atoms with Crippen LogP contribution in [0, 0.1) is 23.7 Å². The van der Waals surface area contributed by atoms with E-state index < -0.39 is 0 Å². The molecule has 0 unspecified atom stereocenters. The quantitative estimate of drug-likeness (QED) is 0.161. The summed E-state index contributed by atoms with van der Waals surface area (Å²) in [6.45, 7) is 0. The van der Waals surface area contributed by atoms with Gasteiger partial charge in [0.25, 0.3) is 0 Å². The molecule has 2 nitrogen and oxygen atoms in total.